The third-order valence-corrected chi connectivity index (χ3v) is 3.93. The number of rotatable bonds is 5. The topological polar surface area (TPSA) is 42.8 Å². The molecule has 2 N–H and O–H groups in total. The second-order valence-electron chi connectivity index (χ2n) is 5.67. The van der Waals surface area contributed by atoms with Gasteiger partial charge in [-0.05, 0) is 44.7 Å². The highest BCUT2D eigenvalue weighted by Crippen LogP contribution is 2.23. The van der Waals surface area contributed by atoms with Crippen LogP contribution in [0.2, 0.25) is 0 Å². The van der Waals surface area contributed by atoms with Gasteiger partial charge in [0, 0.05) is 0 Å². The number of hydrogen-bond acceptors (Lipinski definition) is 2. The molecule has 116 valence electrons. The molecule has 0 aliphatic carbocycles. The van der Waals surface area contributed by atoms with Crippen LogP contribution in [-0.2, 0) is 4.79 Å². The van der Waals surface area contributed by atoms with E-state index in [4.69, 9.17) is 4.74 Å². The smallest absolute Gasteiger partial charge is 0.279 e. The number of quaternary nitrogens is 1. The first-order valence-corrected chi connectivity index (χ1v) is 8.15. The molecule has 0 spiro atoms. The van der Waals surface area contributed by atoms with Crippen LogP contribution in [0.3, 0.4) is 0 Å². The van der Waals surface area contributed by atoms with Crippen LogP contribution in [0.4, 0.5) is 5.69 Å². The standard InChI is InChI=1S/C17H26N2O2/c1-2-21-16-11-7-6-10-15(16)18-17(20)14-19-12-8-4-3-5-9-13-19/h6-7,10-11H,2-5,8-9,12-14H2,1H3,(H,18,20)/p+1. The van der Waals surface area contributed by atoms with Gasteiger partial charge in [-0.2, -0.15) is 0 Å². The van der Waals surface area contributed by atoms with Crippen LogP contribution in [0.5, 0.6) is 5.75 Å². The molecular formula is C17H27N2O2+. The van der Waals surface area contributed by atoms with Crippen molar-refractivity contribution in [3.63, 3.8) is 0 Å². The fourth-order valence-electron chi connectivity index (χ4n) is 2.85. The lowest BCUT2D eigenvalue weighted by atomic mass is 10.1. The number of carbonyl (C=O) groups excluding carboxylic acids is 1. The third kappa shape index (κ3) is 5.38. The summed E-state index contributed by atoms with van der Waals surface area (Å²) in [6.45, 7) is 5.33. The van der Waals surface area contributed by atoms with Gasteiger partial charge in [-0.15, -0.1) is 0 Å². The van der Waals surface area contributed by atoms with Gasteiger partial charge in [-0.25, -0.2) is 0 Å². The molecule has 1 aliphatic heterocycles. The fraction of sp³-hybridized carbons (Fsp3) is 0.588. The van der Waals surface area contributed by atoms with E-state index in [0.717, 1.165) is 24.5 Å². The molecule has 1 amide bonds. The number of nitrogens with one attached hydrogen (secondary N) is 2. The maximum Gasteiger partial charge on any atom is 0.279 e. The first-order chi connectivity index (χ1) is 10.3. The molecule has 0 bridgehead atoms. The lowest BCUT2D eigenvalue weighted by Crippen LogP contribution is -3.13. The molecule has 0 saturated carbocycles. The number of benzene rings is 1. The summed E-state index contributed by atoms with van der Waals surface area (Å²) in [6.07, 6.45) is 6.42. The highest BCUT2D eigenvalue weighted by molar-refractivity contribution is 5.92. The molecule has 1 aromatic carbocycles. The Bertz CT molecular complexity index is 440. The van der Waals surface area contributed by atoms with Gasteiger partial charge in [0.15, 0.2) is 6.54 Å². The third-order valence-electron chi connectivity index (χ3n) is 3.93. The van der Waals surface area contributed by atoms with Gasteiger partial charge < -0.3 is 15.0 Å². The van der Waals surface area contributed by atoms with E-state index in [1.165, 1.54) is 37.0 Å². The molecule has 4 heteroatoms. The maximum atomic E-state index is 12.2. The summed E-state index contributed by atoms with van der Waals surface area (Å²) >= 11 is 0. The first kappa shape index (κ1) is 15.8. The number of hydrogen-bond donors (Lipinski definition) is 2. The average molecular weight is 291 g/mol. The maximum absolute atomic E-state index is 12.2. The Kier molecular flexibility index (Phi) is 6.54. The summed E-state index contributed by atoms with van der Waals surface area (Å²) in [7, 11) is 0. The quantitative estimate of drug-likeness (QED) is 0.870. The van der Waals surface area contributed by atoms with Crippen LogP contribution in [0.25, 0.3) is 0 Å². The van der Waals surface area contributed by atoms with Gasteiger partial charge in [-0.3, -0.25) is 4.79 Å². The van der Waals surface area contributed by atoms with Crippen LogP contribution < -0.4 is 15.0 Å². The van der Waals surface area contributed by atoms with Crippen molar-refractivity contribution < 1.29 is 14.4 Å². The monoisotopic (exact) mass is 291 g/mol. The Balaban J connectivity index is 1.88. The molecule has 2 rings (SSSR count). The van der Waals surface area contributed by atoms with Gasteiger partial charge in [0.1, 0.15) is 5.75 Å². The average Bonchev–Trinajstić information content (AvgIpc) is 2.44. The summed E-state index contributed by atoms with van der Waals surface area (Å²) in [4.78, 5) is 13.7. The van der Waals surface area contributed by atoms with Gasteiger partial charge in [0.25, 0.3) is 5.91 Å². The van der Waals surface area contributed by atoms with Crippen LogP contribution in [0.15, 0.2) is 24.3 Å². The predicted molar refractivity (Wildman–Crippen MR) is 84.9 cm³/mol. The molecule has 0 radical (unpaired) electrons. The molecule has 1 aliphatic rings. The molecule has 21 heavy (non-hydrogen) atoms. The molecule has 0 unspecified atom stereocenters. The van der Waals surface area contributed by atoms with Gasteiger partial charge in [0.2, 0.25) is 0 Å². The lowest BCUT2D eigenvalue weighted by Gasteiger charge is -2.21. The number of ether oxygens (including phenoxy) is 1. The number of carbonyl (C=O) groups is 1. The molecular weight excluding hydrogens is 264 g/mol. The molecule has 1 fully saturated rings. The summed E-state index contributed by atoms with van der Waals surface area (Å²) in [5.74, 6) is 0.828. The van der Waals surface area contributed by atoms with E-state index in [9.17, 15) is 4.79 Å². The highest BCUT2D eigenvalue weighted by atomic mass is 16.5. The number of para-hydroxylation sites is 2. The minimum atomic E-state index is 0.0812. The SMILES string of the molecule is CCOc1ccccc1NC(=O)C[NH+]1CCCCCCC1. The zero-order valence-corrected chi connectivity index (χ0v) is 13.0. The lowest BCUT2D eigenvalue weighted by molar-refractivity contribution is -0.892. The Labute approximate surface area is 127 Å². The van der Waals surface area contributed by atoms with Crippen molar-refractivity contribution >= 4 is 11.6 Å². The summed E-state index contributed by atoms with van der Waals surface area (Å²) in [5, 5.41) is 2.99. The minimum Gasteiger partial charge on any atom is -0.492 e. The Morgan fingerprint density at radius 1 is 1.14 bits per heavy atom. The summed E-state index contributed by atoms with van der Waals surface area (Å²) in [6, 6.07) is 7.62. The van der Waals surface area contributed by atoms with Crippen LogP contribution in [0, 0.1) is 0 Å². The van der Waals surface area contributed by atoms with Gasteiger partial charge in [0.05, 0.1) is 25.4 Å². The van der Waals surface area contributed by atoms with Gasteiger partial charge in [-0.1, -0.05) is 18.6 Å². The molecule has 1 saturated heterocycles. The van der Waals surface area contributed by atoms with E-state index in [-0.39, 0.29) is 5.91 Å². The second-order valence-corrected chi connectivity index (χ2v) is 5.67. The van der Waals surface area contributed by atoms with E-state index in [1.807, 2.05) is 31.2 Å². The normalized spacial score (nSPS) is 16.8. The Hall–Kier alpha value is -1.55. The van der Waals surface area contributed by atoms with Crippen molar-refractivity contribution in [2.24, 2.45) is 0 Å². The van der Waals surface area contributed by atoms with Crippen LogP contribution in [-0.4, -0.2) is 32.1 Å². The number of amides is 1. The molecule has 4 nitrogen and oxygen atoms in total. The molecule has 0 atom stereocenters. The van der Waals surface area contributed by atoms with E-state index in [1.54, 1.807) is 0 Å². The van der Waals surface area contributed by atoms with Crippen molar-refractivity contribution in [1.82, 2.24) is 0 Å². The van der Waals surface area contributed by atoms with Crippen molar-refractivity contribution in [2.75, 3.05) is 31.6 Å². The second kappa shape index (κ2) is 8.67. The first-order valence-electron chi connectivity index (χ1n) is 8.15. The zero-order valence-electron chi connectivity index (χ0n) is 13.0. The van der Waals surface area contributed by atoms with Crippen LogP contribution >= 0.6 is 0 Å². The highest BCUT2D eigenvalue weighted by Gasteiger charge is 2.16. The van der Waals surface area contributed by atoms with Crippen molar-refractivity contribution in [1.29, 1.82) is 0 Å². The molecule has 1 aromatic rings. The number of likely N-dealkylation sites (tertiary alicyclic amines) is 1. The van der Waals surface area contributed by atoms with E-state index >= 15 is 0 Å². The summed E-state index contributed by atoms with van der Waals surface area (Å²) < 4.78 is 5.54. The Morgan fingerprint density at radius 3 is 2.52 bits per heavy atom. The minimum absolute atomic E-state index is 0.0812. The fourth-order valence-corrected chi connectivity index (χ4v) is 2.85. The van der Waals surface area contributed by atoms with Gasteiger partial charge >= 0.3 is 0 Å². The van der Waals surface area contributed by atoms with Crippen LogP contribution in [0.1, 0.15) is 39.0 Å². The van der Waals surface area contributed by atoms with E-state index < -0.39 is 0 Å². The molecule has 0 aromatic heterocycles. The molecule has 1 heterocycles. The summed E-state index contributed by atoms with van der Waals surface area (Å²) in [5.41, 5.74) is 0.774. The Morgan fingerprint density at radius 2 is 1.81 bits per heavy atom. The van der Waals surface area contributed by atoms with E-state index in [0.29, 0.717) is 13.2 Å². The van der Waals surface area contributed by atoms with E-state index in [2.05, 4.69) is 5.32 Å². The largest absolute Gasteiger partial charge is 0.492 e. The van der Waals surface area contributed by atoms with Crippen molar-refractivity contribution in [3.05, 3.63) is 24.3 Å². The predicted octanol–water partition coefficient (Wildman–Crippen LogP) is 1.87. The van der Waals surface area contributed by atoms with Crippen molar-refractivity contribution in [2.45, 2.75) is 39.0 Å². The number of anilines is 1. The van der Waals surface area contributed by atoms with Crippen molar-refractivity contribution in [3.8, 4) is 5.75 Å². The zero-order chi connectivity index (χ0) is 14.9.